The molecule has 0 radical (unpaired) electrons. The Labute approximate surface area is 348 Å². The molecule has 6 heteroatoms. The zero-order valence-electron chi connectivity index (χ0n) is 31.9. The monoisotopic (exact) mass is 782 g/mol. The van der Waals surface area contributed by atoms with Crippen molar-refractivity contribution in [3.63, 3.8) is 0 Å². The quantitative estimate of drug-likeness (QED) is 0.163. The molecule has 0 amide bonds. The third-order valence-electron chi connectivity index (χ3n) is 11.5. The summed E-state index contributed by atoms with van der Waals surface area (Å²) in [7, 11) is 0. The lowest BCUT2D eigenvalue weighted by Crippen LogP contribution is -2.00. The van der Waals surface area contributed by atoms with Gasteiger partial charge >= 0.3 is 0 Å². The first kappa shape index (κ1) is 34.1. The molecular formula is C54H30N4OS. The topological polar surface area (TPSA) is 75.6 Å². The maximum Gasteiger partial charge on any atom is 0.164 e. The van der Waals surface area contributed by atoms with Crippen molar-refractivity contribution in [3.05, 3.63) is 188 Å². The summed E-state index contributed by atoms with van der Waals surface area (Å²) in [6, 6.07) is 65.2. The van der Waals surface area contributed by atoms with Gasteiger partial charge in [0.25, 0.3) is 0 Å². The molecule has 0 fully saturated rings. The Balaban J connectivity index is 1.02. The van der Waals surface area contributed by atoms with Gasteiger partial charge in [-0.1, -0.05) is 140 Å². The van der Waals surface area contributed by atoms with Crippen LogP contribution in [0, 0.1) is 11.3 Å². The molecule has 12 aromatic rings. The molecule has 60 heavy (non-hydrogen) atoms. The van der Waals surface area contributed by atoms with Gasteiger partial charge in [-0.05, 0) is 80.9 Å². The third kappa shape index (κ3) is 5.56. The minimum absolute atomic E-state index is 0.597. The Bertz CT molecular complexity index is 3730. The Kier molecular flexibility index (Phi) is 7.71. The van der Waals surface area contributed by atoms with Crippen LogP contribution in [0.4, 0.5) is 0 Å². The molecule has 0 saturated carbocycles. The van der Waals surface area contributed by atoms with Crippen LogP contribution >= 0.6 is 11.3 Å². The number of thiophene rings is 1. The summed E-state index contributed by atoms with van der Waals surface area (Å²) in [4.78, 5) is 15.3. The highest BCUT2D eigenvalue weighted by Crippen LogP contribution is 2.44. The lowest BCUT2D eigenvalue weighted by atomic mass is 9.92. The lowest BCUT2D eigenvalue weighted by molar-refractivity contribution is 0.673. The Morgan fingerprint density at radius 3 is 1.70 bits per heavy atom. The van der Waals surface area contributed by atoms with Crippen LogP contribution in [0.5, 0.6) is 0 Å². The molecule has 9 aromatic carbocycles. The van der Waals surface area contributed by atoms with E-state index in [-0.39, 0.29) is 0 Å². The molecular weight excluding hydrogens is 753 g/mol. The number of para-hydroxylation sites is 1. The molecule has 0 aliphatic rings. The van der Waals surface area contributed by atoms with Crippen LogP contribution in [0.3, 0.4) is 0 Å². The van der Waals surface area contributed by atoms with Gasteiger partial charge in [-0.3, -0.25) is 0 Å². The van der Waals surface area contributed by atoms with Crippen LogP contribution < -0.4 is 0 Å². The van der Waals surface area contributed by atoms with Crippen LogP contribution in [-0.2, 0) is 0 Å². The smallest absolute Gasteiger partial charge is 0.164 e. The van der Waals surface area contributed by atoms with Crippen molar-refractivity contribution < 1.29 is 4.42 Å². The first-order chi connectivity index (χ1) is 29.6. The minimum Gasteiger partial charge on any atom is -0.455 e. The van der Waals surface area contributed by atoms with Gasteiger partial charge in [-0.2, -0.15) is 5.26 Å². The summed E-state index contributed by atoms with van der Waals surface area (Å²) in [6.07, 6.45) is 0. The predicted octanol–water partition coefficient (Wildman–Crippen LogP) is 14.7. The summed E-state index contributed by atoms with van der Waals surface area (Å²) in [6.45, 7) is 0. The highest BCUT2D eigenvalue weighted by molar-refractivity contribution is 7.25. The maximum absolute atomic E-state index is 9.42. The molecule has 0 N–H and O–H groups in total. The summed E-state index contributed by atoms with van der Waals surface area (Å²) < 4.78 is 9.23. The molecule has 12 rings (SSSR count). The average Bonchev–Trinajstić information content (AvgIpc) is 3.90. The number of fused-ring (bicyclic) bond motifs is 11. The molecule has 5 nitrogen and oxygen atoms in total. The Morgan fingerprint density at radius 1 is 0.383 bits per heavy atom. The van der Waals surface area contributed by atoms with Gasteiger partial charge in [0.2, 0.25) is 0 Å². The second kappa shape index (κ2) is 13.6. The SMILES string of the molecule is N#Cc1cccc(-c2ccc(-c3ccc4c5ccc(-c6nc(-c7ccccc7)nc(-c7ccc8c(c7)sc7ccccc78)n6)cc5c5oc6ccccc6c5c4c3)cc2)c1. The fraction of sp³-hybridized carbons (Fsp3) is 0. The van der Waals surface area contributed by atoms with Crippen LogP contribution in [0.15, 0.2) is 186 Å². The normalized spacial score (nSPS) is 11.7. The van der Waals surface area contributed by atoms with Crippen LogP contribution in [-0.4, -0.2) is 15.0 Å². The number of aromatic nitrogens is 3. The highest BCUT2D eigenvalue weighted by Gasteiger charge is 2.19. The number of nitriles is 1. The fourth-order valence-corrected chi connectivity index (χ4v) is 9.76. The first-order valence-corrected chi connectivity index (χ1v) is 20.6. The van der Waals surface area contributed by atoms with Crippen molar-refractivity contribution in [1.29, 1.82) is 5.26 Å². The van der Waals surface area contributed by atoms with Gasteiger partial charge in [-0.15, -0.1) is 11.3 Å². The number of hydrogen-bond acceptors (Lipinski definition) is 6. The van der Waals surface area contributed by atoms with Gasteiger partial charge < -0.3 is 4.42 Å². The van der Waals surface area contributed by atoms with E-state index in [2.05, 4.69) is 121 Å². The van der Waals surface area contributed by atoms with Crippen LogP contribution in [0.1, 0.15) is 5.56 Å². The highest BCUT2D eigenvalue weighted by atomic mass is 32.1. The Morgan fingerprint density at radius 2 is 0.933 bits per heavy atom. The second-order valence-corrected chi connectivity index (χ2v) is 16.2. The zero-order valence-corrected chi connectivity index (χ0v) is 32.7. The van der Waals surface area contributed by atoms with E-state index in [9.17, 15) is 5.26 Å². The van der Waals surface area contributed by atoms with Crippen molar-refractivity contribution in [3.8, 4) is 62.5 Å². The summed E-state index contributed by atoms with van der Waals surface area (Å²) in [5.41, 5.74) is 9.39. The Hall–Kier alpha value is -7.98. The van der Waals surface area contributed by atoms with Gasteiger partial charge in [0.05, 0.1) is 11.6 Å². The standard InChI is InChI=1S/C54H30N4OS/c55-31-32-9-8-12-36(27-32)33-17-19-34(20-18-33)37-21-24-40-41-25-22-38(29-46(41)51-50(45(40)28-37)44-14-4-6-15-47(44)59-51)53-56-52(35-10-2-1-3-11-35)57-54(58-53)39-23-26-43-42-13-5-7-16-48(42)60-49(43)30-39/h1-30H. The van der Waals surface area contributed by atoms with Gasteiger partial charge in [-0.25, -0.2) is 15.0 Å². The van der Waals surface area contributed by atoms with Gasteiger partial charge in [0.15, 0.2) is 17.5 Å². The van der Waals surface area contributed by atoms with Crippen molar-refractivity contribution in [2.45, 2.75) is 0 Å². The van der Waals surface area contributed by atoms with E-state index < -0.39 is 0 Å². The molecule has 0 atom stereocenters. The molecule has 3 heterocycles. The second-order valence-electron chi connectivity index (χ2n) is 15.1. The molecule has 0 aliphatic carbocycles. The van der Waals surface area contributed by atoms with Gasteiger partial charge in [0, 0.05) is 53.0 Å². The maximum atomic E-state index is 9.42. The predicted molar refractivity (Wildman–Crippen MR) is 247 cm³/mol. The zero-order chi connectivity index (χ0) is 39.7. The lowest BCUT2D eigenvalue weighted by Gasteiger charge is -2.12. The molecule has 0 aliphatic heterocycles. The molecule has 0 spiro atoms. The fourth-order valence-electron chi connectivity index (χ4n) is 8.61. The number of hydrogen-bond donors (Lipinski definition) is 0. The van der Waals surface area contributed by atoms with E-state index >= 15 is 0 Å². The molecule has 0 bridgehead atoms. The first-order valence-electron chi connectivity index (χ1n) is 19.8. The average molecular weight is 783 g/mol. The van der Waals surface area contributed by atoms with E-state index in [1.54, 1.807) is 11.3 Å². The summed E-state index contributed by atoms with van der Waals surface area (Å²) in [5, 5.41) is 18.4. The number of rotatable bonds is 5. The third-order valence-corrected chi connectivity index (χ3v) is 12.7. The van der Waals surface area contributed by atoms with Crippen molar-refractivity contribution in [2.75, 3.05) is 0 Å². The van der Waals surface area contributed by atoms with Gasteiger partial charge in [0.1, 0.15) is 11.2 Å². The van der Waals surface area contributed by atoms with E-state index in [0.29, 0.717) is 23.0 Å². The minimum atomic E-state index is 0.597. The summed E-state index contributed by atoms with van der Waals surface area (Å²) >= 11 is 1.79. The number of benzene rings is 9. The van der Waals surface area contributed by atoms with Crippen LogP contribution in [0.2, 0.25) is 0 Å². The van der Waals surface area contributed by atoms with E-state index in [4.69, 9.17) is 19.4 Å². The summed E-state index contributed by atoms with van der Waals surface area (Å²) in [5.74, 6) is 1.84. The van der Waals surface area contributed by atoms with E-state index in [1.807, 2.05) is 66.7 Å². The van der Waals surface area contributed by atoms with Crippen molar-refractivity contribution in [2.24, 2.45) is 0 Å². The molecule has 0 saturated heterocycles. The van der Waals surface area contributed by atoms with E-state index in [0.717, 1.165) is 82.4 Å². The number of nitrogens with zero attached hydrogens (tertiary/aromatic N) is 4. The van der Waals surface area contributed by atoms with Crippen molar-refractivity contribution in [1.82, 2.24) is 15.0 Å². The van der Waals surface area contributed by atoms with Crippen LogP contribution in [0.25, 0.3) is 120 Å². The van der Waals surface area contributed by atoms with E-state index in [1.165, 1.54) is 20.2 Å². The van der Waals surface area contributed by atoms with Crippen molar-refractivity contribution >= 4 is 75.0 Å². The molecule has 278 valence electrons. The molecule has 3 aromatic heterocycles. The number of furan rings is 1. The molecule has 0 unspecified atom stereocenters. The largest absolute Gasteiger partial charge is 0.455 e.